The summed E-state index contributed by atoms with van der Waals surface area (Å²) in [4.78, 5) is 5.28. The second-order valence-electron chi connectivity index (χ2n) is 4.38. The van der Waals surface area contributed by atoms with Crippen molar-refractivity contribution in [3.8, 4) is 0 Å². The van der Waals surface area contributed by atoms with Crippen LogP contribution in [0.4, 0.5) is 0 Å². The van der Waals surface area contributed by atoms with Crippen molar-refractivity contribution in [2.24, 2.45) is 0 Å². The summed E-state index contributed by atoms with van der Waals surface area (Å²) in [7, 11) is 1.67. The number of halogens is 1. The maximum Gasteiger partial charge on any atom is 0.0915 e. The molecule has 2 rings (SSSR count). The van der Waals surface area contributed by atoms with Gasteiger partial charge in [-0.2, -0.15) is 5.48 Å². The Hall–Kier alpha value is -0.610. The van der Waals surface area contributed by atoms with E-state index in [0.717, 1.165) is 17.9 Å². The van der Waals surface area contributed by atoms with Crippen molar-refractivity contribution in [2.75, 3.05) is 20.3 Å². The predicted octanol–water partition coefficient (Wildman–Crippen LogP) is 2.75. The van der Waals surface area contributed by atoms with Crippen molar-refractivity contribution >= 4 is 11.6 Å². The third-order valence-corrected chi connectivity index (χ3v) is 3.33. The van der Waals surface area contributed by atoms with Gasteiger partial charge in [-0.1, -0.05) is 23.7 Å². The number of methoxy groups -OCH3 is 1. The molecule has 1 fully saturated rings. The summed E-state index contributed by atoms with van der Waals surface area (Å²) in [6.45, 7) is 1.21. The molecule has 1 aromatic rings. The Morgan fingerprint density at radius 3 is 2.88 bits per heavy atom. The Bertz CT molecular complexity index is 353. The highest BCUT2D eigenvalue weighted by atomic mass is 35.5. The lowest BCUT2D eigenvalue weighted by Crippen LogP contribution is -2.40. The summed E-state index contributed by atoms with van der Waals surface area (Å²) >= 11 is 5.97. The van der Waals surface area contributed by atoms with Gasteiger partial charge in [0.1, 0.15) is 0 Å². The van der Waals surface area contributed by atoms with Crippen LogP contribution >= 0.6 is 11.6 Å². The van der Waals surface area contributed by atoms with E-state index in [1.54, 1.807) is 7.11 Å². The summed E-state index contributed by atoms with van der Waals surface area (Å²) < 4.78 is 4.90. The zero-order valence-electron chi connectivity index (χ0n) is 9.99. The molecule has 0 atom stereocenters. The molecule has 0 aliphatic heterocycles. The lowest BCUT2D eigenvalue weighted by Gasteiger charge is -2.35. The Kier molecular flexibility index (Phi) is 4.80. The maximum absolute atomic E-state index is 5.97. The molecule has 0 amide bonds. The van der Waals surface area contributed by atoms with Crippen molar-refractivity contribution in [2.45, 2.75) is 24.8 Å². The Morgan fingerprint density at radius 2 is 2.18 bits per heavy atom. The van der Waals surface area contributed by atoms with E-state index in [1.165, 1.54) is 5.56 Å². The Labute approximate surface area is 107 Å². The highest BCUT2D eigenvalue weighted by Crippen LogP contribution is 2.37. The molecule has 0 radical (unpaired) electrons. The number of ether oxygens (including phenoxy) is 1. The zero-order chi connectivity index (χ0) is 12.1. The fourth-order valence-corrected chi connectivity index (χ4v) is 2.25. The van der Waals surface area contributed by atoms with Gasteiger partial charge in [0.2, 0.25) is 0 Å². The number of rotatable bonds is 6. The Morgan fingerprint density at radius 1 is 1.35 bits per heavy atom. The van der Waals surface area contributed by atoms with Crippen LogP contribution in [0.15, 0.2) is 24.3 Å². The van der Waals surface area contributed by atoms with Gasteiger partial charge in [-0.05, 0) is 36.5 Å². The molecule has 0 saturated heterocycles. The van der Waals surface area contributed by atoms with Crippen LogP contribution in [-0.2, 0) is 9.57 Å². The van der Waals surface area contributed by atoms with Crippen LogP contribution in [0, 0.1) is 0 Å². The smallest absolute Gasteiger partial charge is 0.0915 e. The van der Waals surface area contributed by atoms with E-state index in [4.69, 9.17) is 21.2 Å². The van der Waals surface area contributed by atoms with Crippen molar-refractivity contribution < 1.29 is 9.57 Å². The molecule has 0 bridgehead atoms. The summed E-state index contributed by atoms with van der Waals surface area (Å²) in [6.07, 6.45) is 2.21. The van der Waals surface area contributed by atoms with Gasteiger partial charge in [0.05, 0.1) is 13.2 Å². The third kappa shape index (κ3) is 3.68. The summed E-state index contributed by atoms with van der Waals surface area (Å²) in [5, 5.41) is 0.815. The second kappa shape index (κ2) is 6.36. The molecule has 1 saturated carbocycles. The van der Waals surface area contributed by atoms with Gasteiger partial charge in [-0.3, -0.25) is 4.84 Å². The minimum atomic E-state index is 0.454. The van der Waals surface area contributed by atoms with E-state index < -0.39 is 0 Å². The van der Waals surface area contributed by atoms with Crippen LogP contribution in [0.3, 0.4) is 0 Å². The van der Waals surface area contributed by atoms with Gasteiger partial charge in [-0.25, -0.2) is 0 Å². The highest BCUT2D eigenvalue weighted by Gasteiger charge is 2.30. The van der Waals surface area contributed by atoms with Crippen LogP contribution in [0.5, 0.6) is 0 Å². The van der Waals surface area contributed by atoms with E-state index in [-0.39, 0.29) is 0 Å². The highest BCUT2D eigenvalue weighted by molar-refractivity contribution is 6.30. The molecule has 4 heteroatoms. The topological polar surface area (TPSA) is 30.5 Å². The van der Waals surface area contributed by atoms with Crippen molar-refractivity contribution in [3.05, 3.63) is 34.9 Å². The number of nitrogens with one attached hydrogen (secondary N) is 1. The zero-order valence-corrected chi connectivity index (χ0v) is 10.7. The molecule has 1 aliphatic carbocycles. The first kappa shape index (κ1) is 12.8. The third-order valence-electron chi connectivity index (χ3n) is 3.10. The van der Waals surface area contributed by atoms with Gasteiger partial charge < -0.3 is 4.74 Å². The Balaban J connectivity index is 1.68. The molecule has 1 aromatic carbocycles. The lowest BCUT2D eigenvalue weighted by atomic mass is 9.76. The second-order valence-corrected chi connectivity index (χ2v) is 4.82. The maximum atomic E-state index is 5.97. The van der Waals surface area contributed by atoms with Gasteiger partial charge in [0, 0.05) is 18.2 Å². The molecule has 0 unspecified atom stereocenters. The molecule has 94 valence electrons. The van der Waals surface area contributed by atoms with Crippen LogP contribution in [0.2, 0.25) is 5.02 Å². The van der Waals surface area contributed by atoms with Gasteiger partial charge >= 0.3 is 0 Å². The quantitative estimate of drug-likeness (QED) is 0.626. The van der Waals surface area contributed by atoms with Crippen LogP contribution in [0.1, 0.15) is 24.3 Å². The normalized spacial score (nSPS) is 23.4. The molecule has 0 spiro atoms. The summed E-state index contributed by atoms with van der Waals surface area (Å²) in [6, 6.07) is 8.56. The number of benzene rings is 1. The standard InChI is InChI=1S/C13H18ClNO2/c1-16-5-6-17-15-13-8-11(9-13)10-3-2-4-12(14)7-10/h2-4,7,11,13,15H,5-6,8-9H2,1H3. The molecule has 17 heavy (non-hydrogen) atoms. The average Bonchev–Trinajstić information content (AvgIpc) is 2.26. The molecule has 0 heterocycles. The number of hydrogen-bond acceptors (Lipinski definition) is 3. The van der Waals surface area contributed by atoms with E-state index in [9.17, 15) is 0 Å². The minimum Gasteiger partial charge on any atom is -0.382 e. The van der Waals surface area contributed by atoms with E-state index in [2.05, 4.69) is 11.5 Å². The number of hydroxylamine groups is 1. The monoisotopic (exact) mass is 255 g/mol. The van der Waals surface area contributed by atoms with Crippen molar-refractivity contribution in [1.82, 2.24) is 5.48 Å². The summed E-state index contributed by atoms with van der Waals surface area (Å²) in [5.74, 6) is 0.609. The molecule has 0 aromatic heterocycles. The van der Waals surface area contributed by atoms with Gasteiger partial charge in [0.25, 0.3) is 0 Å². The minimum absolute atomic E-state index is 0.454. The van der Waals surface area contributed by atoms with Crippen molar-refractivity contribution in [3.63, 3.8) is 0 Å². The van der Waals surface area contributed by atoms with Crippen LogP contribution in [-0.4, -0.2) is 26.4 Å². The molecule has 3 nitrogen and oxygen atoms in total. The molecular formula is C13H18ClNO2. The SMILES string of the molecule is COCCONC1CC(c2cccc(Cl)c2)C1. The van der Waals surface area contributed by atoms with Gasteiger partial charge in [-0.15, -0.1) is 0 Å². The fraction of sp³-hybridized carbons (Fsp3) is 0.538. The molecule has 1 N–H and O–H groups in total. The van der Waals surface area contributed by atoms with E-state index in [0.29, 0.717) is 25.2 Å². The predicted molar refractivity (Wildman–Crippen MR) is 68.2 cm³/mol. The summed E-state index contributed by atoms with van der Waals surface area (Å²) in [5.41, 5.74) is 4.38. The van der Waals surface area contributed by atoms with E-state index >= 15 is 0 Å². The largest absolute Gasteiger partial charge is 0.382 e. The van der Waals surface area contributed by atoms with Crippen LogP contribution < -0.4 is 5.48 Å². The average molecular weight is 256 g/mol. The van der Waals surface area contributed by atoms with Crippen LogP contribution in [0.25, 0.3) is 0 Å². The first-order valence-corrected chi connectivity index (χ1v) is 6.29. The van der Waals surface area contributed by atoms with Crippen molar-refractivity contribution in [1.29, 1.82) is 0 Å². The number of hydrogen-bond donors (Lipinski definition) is 1. The van der Waals surface area contributed by atoms with Gasteiger partial charge in [0.15, 0.2) is 0 Å². The first-order valence-electron chi connectivity index (χ1n) is 5.91. The molecule has 1 aliphatic rings. The fourth-order valence-electron chi connectivity index (χ4n) is 2.05. The van der Waals surface area contributed by atoms with E-state index in [1.807, 2.05) is 18.2 Å². The lowest BCUT2D eigenvalue weighted by molar-refractivity contribution is -0.0303. The molecular weight excluding hydrogens is 238 g/mol. The first-order chi connectivity index (χ1) is 8.29.